The molecular weight excluding hydrogens is 528 g/mol. The summed E-state index contributed by atoms with van der Waals surface area (Å²) in [4.78, 5) is 8.26. The van der Waals surface area contributed by atoms with E-state index >= 15 is 0 Å². The quantitative estimate of drug-likeness (QED) is 0.284. The third-order valence-corrected chi connectivity index (χ3v) is 10.5. The summed E-state index contributed by atoms with van der Waals surface area (Å²) in [6.45, 7) is 33.6. The zero-order valence-corrected chi connectivity index (χ0v) is 30.1. The van der Waals surface area contributed by atoms with Gasteiger partial charge in [0.15, 0.2) is 0 Å². The lowest BCUT2D eigenvalue weighted by Gasteiger charge is -2.48. The Morgan fingerprint density at radius 2 is 1.37 bits per heavy atom. The lowest BCUT2D eigenvalue weighted by atomic mass is 9.75. The van der Waals surface area contributed by atoms with E-state index in [9.17, 15) is 0 Å². The Kier molecular flexibility index (Phi) is 11.1. The smallest absolute Gasteiger partial charge is 0.119 e. The van der Waals surface area contributed by atoms with Crippen LogP contribution < -0.4 is 10.1 Å². The van der Waals surface area contributed by atoms with Gasteiger partial charge in [0.1, 0.15) is 11.9 Å². The zero-order chi connectivity index (χ0) is 31.6. The molecular formula is C38H68N4O. The second kappa shape index (κ2) is 13.7. The molecule has 2 atom stereocenters. The van der Waals surface area contributed by atoms with E-state index in [2.05, 4.69) is 120 Å². The van der Waals surface area contributed by atoms with Gasteiger partial charge in [0.05, 0.1) is 0 Å². The number of rotatable bonds is 11. The summed E-state index contributed by atoms with van der Waals surface area (Å²) in [7, 11) is 0. The molecule has 2 saturated heterocycles. The Morgan fingerprint density at radius 3 is 1.93 bits per heavy atom. The minimum atomic E-state index is 0.178. The van der Waals surface area contributed by atoms with Crippen molar-refractivity contribution in [1.82, 2.24) is 20.0 Å². The van der Waals surface area contributed by atoms with Crippen molar-refractivity contribution in [2.45, 2.75) is 156 Å². The fraction of sp³-hybridized carbons (Fsp3) is 0.842. The first-order chi connectivity index (χ1) is 19.9. The predicted molar refractivity (Wildman–Crippen MR) is 184 cm³/mol. The first-order valence-corrected chi connectivity index (χ1v) is 17.6. The number of piperazine rings is 1. The third-order valence-electron chi connectivity index (χ3n) is 10.5. The summed E-state index contributed by atoms with van der Waals surface area (Å²) in [5.41, 5.74) is 2.52. The Hall–Kier alpha value is -1.14. The molecule has 246 valence electrons. The van der Waals surface area contributed by atoms with E-state index in [0.29, 0.717) is 29.1 Å². The standard InChI is InChI=1S/C38H68N4O/c1-29-24-32(40-20-22-42(23-21-40)36(5,6)7)16-19-41(29)28-38(10,11)18-17-37(8,9)27-30-12-14-33(15-13-30)43-34-25-31(26-34)39-35(2,3)4/h12-15,29,31-32,34,39H,16-28H2,1-11H3/t29-,31?,32?,34?/m1/s1. The molecule has 5 nitrogen and oxygen atoms in total. The van der Waals surface area contributed by atoms with Crippen LogP contribution in [0.3, 0.4) is 0 Å². The number of nitrogens with one attached hydrogen (secondary N) is 1. The van der Waals surface area contributed by atoms with Gasteiger partial charge in [-0.3, -0.25) is 9.80 Å². The minimum absolute atomic E-state index is 0.178. The molecule has 1 aliphatic carbocycles. The predicted octanol–water partition coefficient (Wildman–Crippen LogP) is 7.63. The molecule has 0 bridgehead atoms. The second-order valence-corrected chi connectivity index (χ2v) is 18.1. The average Bonchev–Trinajstić information content (AvgIpc) is 2.87. The van der Waals surface area contributed by atoms with Gasteiger partial charge in [-0.25, -0.2) is 0 Å². The van der Waals surface area contributed by atoms with Crippen molar-refractivity contribution >= 4 is 0 Å². The van der Waals surface area contributed by atoms with Crippen LogP contribution in [-0.2, 0) is 6.42 Å². The second-order valence-electron chi connectivity index (χ2n) is 18.1. The summed E-state index contributed by atoms with van der Waals surface area (Å²) in [6.07, 6.45) is 8.86. The van der Waals surface area contributed by atoms with E-state index < -0.39 is 0 Å². The normalized spacial score (nSPS) is 27.2. The number of benzene rings is 1. The van der Waals surface area contributed by atoms with E-state index in [1.165, 1.54) is 70.5 Å². The van der Waals surface area contributed by atoms with Gasteiger partial charge in [-0.1, -0.05) is 39.8 Å². The summed E-state index contributed by atoms with van der Waals surface area (Å²) < 4.78 is 6.26. The summed E-state index contributed by atoms with van der Waals surface area (Å²) >= 11 is 0. The van der Waals surface area contributed by atoms with Crippen LogP contribution in [0.2, 0.25) is 0 Å². The number of hydrogen-bond donors (Lipinski definition) is 1. The highest BCUT2D eigenvalue weighted by molar-refractivity contribution is 5.28. The first-order valence-electron chi connectivity index (χ1n) is 17.6. The fourth-order valence-corrected chi connectivity index (χ4v) is 7.74. The number of nitrogens with zero attached hydrogens (tertiary/aromatic N) is 3. The van der Waals surface area contributed by atoms with Crippen LogP contribution in [0.25, 0.3) is 0 Å². The van der Waals surface area contributed by atoms with Crippen LogP contribution in [0, 0.1) is 10.8 Å². The topological polar surface area (TPSA) is 31.0 Å². The van der Waals surface area contributed by atoms with E-state index in [0.717, 1.165) is 31.1 Å². The highest BCUT2D eigenvalue weighted by Gasteiger charge is 2.36. The molecule has 1 aromatic carbocycles. The highest BCUT2D eigenvalue weighted by Crippen LogP contribution is 2.36. The van der Waals surface area contributed by atoms with Gasteiger partial charge in [0.2, 0.25) is 0 Å². The van der Waals surface area contributed by atoms with Crippen molar-refractivity contribution in [1.29, 1.82) is 0 Å². The first kappa shape index (κ1) is 34.7. The molecule has 43 heavy (non-hydrogen) atoms. The van der Waals surface area contributed by atoms with Crippen molar-refractivity contribution < 1.29 is 4.74 Å². The number of likely N-dealkylation sites (tertiary alicyclic amines) is 1. The van der Waals surface area contributed by atoms with E-state index in [1.54, 1.807) is 0 Å². The van der Waals surface area contributed by atoms with Gasteiger partial charge in [-0.05, 0) is 128 Å². The van der Waals surface area contributed by atoms with E-state index in [-0.39, 0.29) is 11.0 Å². The van der Waals surface area contributed by atoms with Crippen LogP contribution in [-0.4, -0.2) is 89.3 Å². The van der Waals surface area contributed by atoms with Crippen LogP contribution in [0.1, 0.15) is 120 Å². The van der Waals surface area contributed by atoms with Gasteiger partial charge >= 0.3 is 0 Å². The fourth-order valence-electron chi connectivity index (χ4n) is 7.74. The van der Waals surface area contributed by atoms with Crippen LogP contribution in [0.4, 0.5) is 0 Å². The van der Waals surface area contributed by atoms with Gasteiger partial charge in [0, 0.05) is 61.9 Å². The van der Waals surface area contributed by atoms with Gasteiger partial charge in [-0.15, -0.1) is 0 Å². The van der Waals surface area contributed by atoms with Crippen molar-refractivity contribution in [2.24, 2.45) is 10.8 Å². The van der Waals surface area contributed by atoms with Gasteiger partial charge in [0.25, 0.3) is 0 Å². The Bertz CT molecular complexity index is 990. The molecule has 0 aromatic heterocycles. The van der Waals surface area contributed by atoms with Crippen LogP contribution in [0.5, 0.6) is 5.75 Å². The maximum absolute atomic E-state index is 6.26. The molecule has 1 unspecified atom stereocenters. The summed E-state index contributed by atoms with van der Waals surface area (Å²) in [6, 6.07) is 11.0. The molecule has 4 rings (SSSR count). The molecule has 2 aliphatic heterocycles. The Labute approximate surface area is 266 Å². The van der Waals surface area contributed by atoms with Crippen molar-refractivity contribution in [3.8, 4) is 5.75 Å². The maximum atomic E-state index is 6.26. The number of hydrogen-bond acceptors (Lipinski definition) is 5. The zero-order valence-electron chi connectivity index (χ0n) is 30.1. The molecule has 3 fully saturated rings. The monoisotopic (exact) mass is 597 g/mol. The molecule has 1 aromatic rings. The molecule has 5 heteroatoms. The maximum Gasteiger partial charge on any atom is 0.119 e. The largest absolute Gasteiger partial charge is 0.490 e. The minimum Gasteiger partial charge on any atom is -0.490 e. The molecule has 1 saturated carbocycles. The molecule has 0 radical (unpaired) electrons. The lowest BCUT2D eigenvalue weighted by Crippen LogP contribution is -2.58. The van der Waals surface area contributed by atoms with Crippen molar-refractivity contribution in [3.05, 3.63) is 29.8 Å². The van der Waals surface area contributed by atoms with Crippen LogP contribution >= 0.6 is 0 Å². The Morgan fingerprint density at radius 1 is 0.767 bits per heavy atom. The Balaban J connectivity index is 1.17. The number of ether oxygens (including phenoxy) is 1. The third kappa shape index (κ3) is 10.7. The lowest BCUT2D eigenvalue weighted by molar-refractivity contribution is 0.00379. The number of piperidine rings is 1. The van der Waals surface area contributed by atoms with E-state index in [1.807, 2.05) is 0 Å². The summed E-state index contributed by atoms with van der Waals surface area (Å²) in [5.74, 6) is 1.02. The van der Waals surface area contributed by atoms with E-state index in [4.69, 9.17) is 4.74 Å². The molecule has 0 amide bonds. The molecule has 2 heterocycles. The molecule has 3 aliphatic rings. The molecule has 0 spiro atoms. The van der Waals surface area contributed by atoms with Crippen LogP contribution in [0.15, 0.2) is 24.3 Å². The SMILES string of the molecule is C[C@@H]1CC(N2CCN(C(C)(C)C)CC2)CCN1CC(C)(C)CCC(C)(C)Cc1ccc(OC2CC(NC(C)(C)C)C2)cc1. The molecule has 1 N–H and O–H groups in total. The average molecular weight is 597 g/mol. The van der Waals surface area contributed by atoms with Crippen molar-refractivity contribution in [2.75, 3.05) is 39.3 Å². The summed E-state index contributed by atoms with van der Waals surface area (Å²) in [5, 5.41) is 3.69. The van der Waals surface area contributed by atoms with Gasteiger partial charge in [-0.2, -0.15) is 0 Å². The van der Waals surface area contributed by atoms with Gasteiger partial charge < -0.3 is 15.0 Å². The highest BCUT2D eigenvalue weighted by atomic mass is 16.5. The van der Waals surface area contributed by atoms with Crippen molar-refractivity contribution in [3.63, 3.8) is 0 Å².